The maximum atomic E-state index is 12.4. The molecule has 0 amide bonds. The second-order valence-corrected chi connectivity index (χ2v) is 4.80. The summed E-state index contributed by atoms with van der Waals surface area (Å²) in [5.74, 6) is -0.996. The predicted molar refractivity (Wildman–Crippen MR) is 82.6 cm³/mol. The Bertz CT molecular complexity index is 657. The molecule has 23 heavy (non-hydrogen) atoms. The molecule has 124 valence electrons. The standard InChI is InChI=1S/C16H14F3NO2.ClH/c17-16(18,19)14-6-4-11(5-7-14)9-20-10-12-2-1-3-13(8-12)15(21)22;/h1-8,20H,9-10H2,(H,21,22);1H. The number of rotatable bonds is 5. The largest absolute Gasteiger partial charge is 0.478 e. The van der Waals surface area contributed by atoms with Gasteiger partial charge < -0.3 is 10.4 Å². The van der Waals surface area contributed by atoms with Crippen molar-refractivity contribution in [3.8, 4) is 0 Å². The zero-order valence-electron chi connectivity index (χ0n) is 11.9. The van der Waals surface area contributed by atoms with Crippen molar-refractivity contribution in [1.82, 2.24) is 5.32 Å². The van der Waals surface area contributed by atoms with Crippen LogP contribution in [-0.4, -0.2) is 11.1 Å². The topological polar surface area (TPSA) is 49.3 Å². The number of halogens is 4. The minimum absolute atomic E-state index is 0. The molecule has 0 aliphatic heterocycles. The van der Waals surface area contributed by atoms with Crippen molar-refractivity contribution < 1.29 is 23.1 Å². The number of carboxylic acid groups (broad SMARTS) is 1. The second-order valence-electron chi connectivity index (χ2n) is 4.80. The number of benzene rings is 2. The Labute approximate surface area is 137 Å². The summed E-state index contributed by atoms with van der Waals surface area (Å²) in [7, 11) is 0. The van der Waals surface area contributed by atoms with Crippen molar-refractivity contribution in [3.05, 3.63) is 70.8 Å². The molecule has 0 atom stereocenters. The van der Waals surface area contributed by atoms with Crippen molar-refractivity contribution >= 4 is 18.4 Å². The van der Waals surface area contributed by atoms with Gasteiger partial charge in [-0.3, -0.25) is 0 Å². The lowest BCUT2D eigenvalue weighted by molar-refractivity contribution is -0.137. The predicted octanol–water partition coefficient (Wildman–Crippen LogP) is 4.12. The van der Waals surface area contributed by atoms with E-state index in [1.54, 1.807) is 18.2 Å². The van der Waals surface area contributed by atoms with Crippen molar-refractivity contribution in [2.75, 3.05) is 0 Å². The Morgan fingerprint density at radius 2 is 1.61 bits per heavy atom. The number of nitrogens with one attached hydrogen (secondary N) is 1. The zero-order valence-corrected chi connectivity index (χ0v) is 12.7. The third-order valence-corrected chi connectivity index (χ3v) is 3.11. The molecule has 2 aromatic carbocycles. The summed E-state index contributed by atoms with van der Waals surface area (Å²) >= 11 is 0. The monoisotopic (exact) mass is 345 g/mol. The molecule has 0 aromatic heterocycles. The van der Waals surface area contributed by atoms with E-state index in [-0.39, 0.29) is 18.0 Å². The molecule has 0 heterocycles. The average Bonchev–Trinajstić information content (AvgIpc) is 2.47. The highest BCUT2D eigenvalue weighted by Gasteiger charge is 2.29. The van der Waals surface area contributed by atoms with Crippen LogP contribution < -0.4 is 5.32 Å². The lowest BCUT2D eigenvalue weighted by Crippen LogP contribution is -2.13. The molecule has 0 aliphatic rings. The first-order chi connectivity index (χ1) is 10.4. The third kappa shape index (κ3) is 5.58. The molecule has 0 unspecified atom stereocenters. The molecule has 0 saturated carbocycles. The molecule has 2 rings (SSSR count). The van der Waals surface area contributed by atoms with Gasteiger partial charge in [0.05, 0.1) is 11.1 Å². The summed E-state index contributed by atoms with van der Waals surface area (Å²) in [5, 5.41) is 12.0. The molecule has 0 bridgehead atoms. The average molecular weight is 346 g/mol. The van der Waals surface area contributed by atoms with Gasteiger partial charge in [-0.2, -0.15) is 13.2 Å². The van der Waals surface area contributed by atoms with Gasteiger partial charge in [-0.1, -0.05) is 24.3 Å². The van der Waals surface area contributed by atoms with E-state index in [0.717, 1.165) is 23.3 Å². The fourth-order valence-electron chi connectivity index (χ4n) is 1.98. The smallest absolute Gasteiger partial charge is 0.416 e. The van der Waals surface area contributed by atoms with Crippen LogP contribution in [0.5, 0.6) is 0 Å². The van der Waals surface area contributed by atoms with Gasteiger partial charge in [-0.25, -0.2) is 4.79 Å². The van der Waals surface area contributed by atoms with E-state index in [1.165, 1.54) is 18.2 Å². The van der Waals surface area contributed by atoms with E-state index in [9.17, 15) is 18.0 Å². The second kappa shape index (κ2) is 7.99. The minimum atomic E-state index is -4.33. The highest BCUT2D eigenvalue weighted by molar-refractivity contribution is 5.87. The highest BCUT2D eigenvalue weighted by atomic mass is 35.5. The molecule has 2 N–H and O–H groups in total. The summed E-state index contributed by atoms with van der Waals surface area (Å²) in [6, 6.07) is 11.4. The Balaban J connectivity index is 0.00000264. The summed E-state index contributed by atoms with van der Waals surface area (Å²) in [5.41, 5.74) is 1.05. The van der Waals surface area contributed by atoms with Gasteiger partial charge in [-0.15, -0.1) is 12.4 Å². The van der Waals surface area contributed by atoms with Gasteiger partial charge in [0, 0.05) is 13.1 Å². The summed E-state index contributed by atoms with van der Waals surface area (Å²) < 4.78 is 37.3. The molecule has 0 radical (unpaired) electrons. The van der Waals surface area contributed by atoms with Crippen molar-refractivity contribution in [2.45, 2.75) is 19.3 Å². The number of hydrogen-bond acceptors (Lipinski definition) is 2. The van der Waals surface area contributed by atoms with Crippen LogP contribution in [0.1, 0.15) is 27.0 Å². The van der Waals surface area contributed by atoms with Gasteiger partial charge >= 0.3 is 12.1 Å². The van der Waals surface area contributed by atoms with Gasteiger partial charge in [0.15, 0.2) is 0 Å². The zero-order chi connectivity index (χ0) is 16.2. The first-order valence-electron chi connectivity index (χ1n) is 6.55. The van der Waals surface area contributed by atoms with Crippen LogP contribution in [0.4, 0.5) is 13.2 Å². The molecule has 3 nitrogen and oxygen atoms in total. The SMILES string of the molecule is Cl.O=C(O)c1cccc(CNCc2ccc(C(F)(F)F)cc2)c1. The lowest BCUT2D eigenvalue weighted by atomic mass is 10.1. The fraction of sp³-hybridized carbons (Fsp3) is 0.188. The van der Waals surface area contributed by atoms with Gasteiger partial charge in [0.25, 0.3) is 0 Å². The van der Waals surface area contributed by atoms with Crippen LogP contribution in [0, 0.1) is 0 Å². The van der Waals surface area contributed by atoms with Gasteiger partial charge in [-0.05, 0) is 35.4 Å². The van der Waals surface area contributed by atoms with Crippen LogP contribution in [0.15, 0.2) is 48.5 Å². The maximum absolute atomic E-state index is 12.4. The van der Waals surface area contributed by atoms with Crippen molar-refractivity contribution in [2.24, 2.45) is 0 Å². The number of aromatic carboxylic acids is 1. The van der Waals surface area contributed by atoms with E-state index >= 15 is 0 Å². The first kappa shape index (κ1) is 19.0. The van der Waals surface area contributed by atoms with Crippen molar-refractivity contribution in [3.63, 3.8) is 0 Å². The Kier molecular flexibility index (Phi) is 6.60. The van der Waals surface area contributed by atoms with Crippen LogP contribution in [0.2, 0.25) is 0 Å². The summed E-state index contributed by atoms with van der Waals surface area (Å²) in [6.45, 7) is 0.831. The molecule has 0 saturated heterocycles. The first-order valence-corrected chi connectivity index (χ1v) is 6.55. The van der Waals surface area contributed by atoms with Crippen LogP contribution >= 0.6 is 12.4 Å². The van der Waals surface area contributed by atoms with E-state index in [2.05, 4.69) is 5.32 Å². The maximum Gasteiger partial charge on any atom is 0.416 e. The fourth-order valence-corrected chi connectivity index (χ4v) is 1.98. The Hall–Kier alpha value is -2.05. The van der Waals surface area contributed by atoms with E-state index < -0.39 is 17.7 Å². The van der Waals surface area contributed by atoms with E-state index in [1.807, 2.05) is 0 Å². The highest BCUT2D eigenvalue weighted by Crippen LogP contribution is 2.29. The van der Waals surface area contributed by atoms with E-state index in [0.29, 0.717) is 13.1 Å². The Morgan fingerprint density at radius 3 is 2.17 bits per heavy atom. The molecule has 2 aromatic rings. The van der Waals surface area contributed by atoms with E-state index in [4.69, 9.17) is 5.11 Å². The van der Waals surface area contributed by atoms with Gasteiger partial charge in [0.2, 0.25) is 0 Å². The molecule has 7 heteroatoms. The number of alkyl halides is 3. The number of hydrogen-bond donors (Lipinski definition) is 2. The summed E-state index contributed by atoms with van der Waals surface area (Å²) in [4.78, 5) is 10.8. The summed E-state index contributed by atoms with van der Waals surface area (Å²) in [6.07, 6.45) is -4.33. The quantitative estimate of drug-likeness (QED) is 0.857. The molecule has 0 spiro atoms. The van der Waals surface area contributed by atoms with Crippen LogP contribution in [0.25, 0.3) is 0 Å². The van der Waals surface area contributed by atoms with Crippen molar-refractivity contribution in [1.29, 1.82) is 0 Å². The third-order valence-electron chi connectivity index (χ3n) is 3.11. The minimum Gasteiger partial charge on any atom is -0.478 e. The normalized spacial score (nSPS) is 10.9. The number of carbonyl (C=O) groups is 1. The molecular weight excluding hydrogens is 331 g/mol. The molecule has 0 fully saturated rings. The lowest BCUT2D eigenvalue weighted by Gasteiger charge is -2.09. The molecular formula is C16H15ClF3NO2. The Morgan fingerprint density at radius 1 is 1.00 bits per heavy atom. The van der Waals surface area contributed by atoms with Crippen LogP contribution in [-0.2, 0) is 19.3 Å². The molecule has 0 aliphatic carbocycles. The van der Waals surface area contributed by atoms with Gasteiger partial charge in [0.1, 0.15) is 0 Å². The van der Waals surface area contributed by atoms with Crippen LogP contribution in [0.3, 0.4) is 0 Å². The number of carboxylic acids is 1.